The number of ether oxygens (including phenoxy) is 1. The van der Waals surface area contributed by atoms with Gasteiger partial charge in [-0.05, 0) is 110 Å². The van der Waals surface area contributed by atoms with E-state index in [4.69, 9.17) is 4.74 Å². The van der Waals surface area contributed by atoms with Crippen LogP contribution in [0.5, 0.6) is 5.75 Å². The molecule has 0 aliphatic carbocycles. The number of piperidine rings is 6. The topological polar surface area (TPSA) is 82.0 Å². The second-order valence-electron chi connectivity index (χ2n) is 13.6. The zero-order valence-electron chi connectivity index (χ0n) is 26.8. The molecule has 6 fully saturated rings. The van der Waals surface area contributed by atoms with Crippen LogP contribution in [0.15, 0.2) is 92.3 Å². The fourth-order valence-electron chi connectivity index (χ4n) is 8.73. The van der Waals surface area contributed by atoms with Gasteiger partial charge in [0.15, 0.2) is 0 Å². The van der Waals surface area contributed by atoms with Crippen molar-refractivity contribution in [3.8, 4) is 5.75 Å². The second-order valence-corrected chi connectivity index (χ2v) is 13.6. The highest BCUT2D eigenvalue weighted by Gasteiger charge is 2.43. The Kier molecular flexibility index (Phi) is 8.93. The number of rotatable bonds is 7. The lowest BCUT2D eigenvalue weighted by Crippen LogP contribution is -2.54. The Hall–Kier alpha value is -3.62. The third-order valence-electron chi connectivity index (χ3n) is 11.3. The van der Waals surface area contributed by atoms with Gasteiger partial charge >= 0.3 is 0 Å². The average molecular weight is 619 g/mol. The number of para-hydroxylation sites is 1. The van der Waals surface area contributed by atoms with Crippen LogP contribution >= 0.6 is 0 Å². The van der Waals surface area contributed by atoms with Gasteiger partial charge in [-0.1, -0.05) is 30.4 Å². The molecule has 2 unspecified atom stereocenters. The zero-order chi connectivity index (χ0) is 31.8. The van der Waals surface area contributed by atoms with Gasteiger partial charge in [-0.15, -0.1) is 13.2 Å². The first-order valence-corrected chi connectivity index (χ1v) is 16.8. The molecular formula is C39H46N4O3. The zero-order valence-corrected chi connectivity index (χ0v) is 26.8. The molecule has 4 aromatic rings. The Morgan fingerprint density at radius 3 is 1.83 bits per heavy atom. The molecule has 10 atom stereocenters. The SMILES string of the molecule is C=C[C@H]1CN2CC[C@H]1C[C@@H]2[C@@H](O)c1ccnc2ccccc12.C=C[C@H]1CN2CC[C@H]1C[C@H]2[C@H](O)c1ccnc2ccc(OC)cc12. The van der Waals surface area contributed by atoms with Crippen LogP contribution < -0.4 is 4.74 Å². The van der Waals surface area contributed by atoms with E-state index in [9.17, 15) is 10.2 Å². The van der Waals surface area contributed by atoms with Crippen molar-refractivity contribution in [2.24, 2.45) is 23.7 Å². The number of nitrogens with zero attached hydrogens (tertiary/aromatic N) is 4. The Morgan fingerprint density at radius 1 is 0.761 bits per heavy atom. The first-order chi connectivity index (χ1) is 22.5. The molecule has 8 heterocycles. The Morgan fingerprint density at radius 2 is 1.30 bits per heavy atom. The number of aliphatic hydroxyl groups is 2. The van der Waals surface area contributed by atoms with Gasteiger partial charge in [-0.3, -0.25) is 19.8 Å². The summed E-state index contributed by atoms with van der Waals surface area (Å²) in [6.45, 7) is 12.2. The quantitative estimate of drug-likeness (QED) is 0.234. The molecule has 2 aromatic carbocycles. The summed E-state index contributed by atoms with van der Waals surface area (Å²) in [6, 6.07) is 18.2. The molecule has 0 radical (unpaired) electrons. The molecule has 0 saturated carbocycles. The van der Waals surface area contributed by atoms with E-state index in [1.54, 1.807) is 13.3 Å². The molecule has 2 N–H and O–H groups in total. The minimum Gasteiger partial charge on any atom is -0.497 e. The lowest BCUT2D eigenvalue weighted by atomic mass is 9.73. The van der Waals surface area contributed by atoms with E-state index in [0.717, 1.165) is 77.7 Å². The highest BCUT2D eigenvalue weighted by atomic mass is 16.5. The molecule has 240 valence electrons. The maximum absolute atomic E-state index is 11.2. The van der Waals surface area contributed by atoms with Crippen LogP contribution in [0.4, 0.5) is 0 Å². The molecular weight excluding hydrogens is 572 g/mol. The number of aliphatic hydroxyl groups excluding tert-OH is 2. The molecule has 6 saturated heterocycles. The van der Waals surface area contributed by atoms with Gasteiger partial charge < -0.3 is 14.9 Å². The molecule has 46 heavy (non-hydrogen) atoms. The van der Waals surface area contributed by atoms with Crippen LogP contribution in [0.1, 0.15) is 49.0 Å². The first-order valence-electron chi connectivity index (χ1n) is 16.8. The summed E-state index contributed by atoms with van der Waals surface area (Å²) in [4.78, 5) is 13.7. The molecule has 10 rings (SSSR count). The molecule has 7 nitrogen and oxygen atoms in total. The molecule has 6 aliphatic heterocycles. The lowest BCUT2D eigenvalue weighted by molar-refractivity contribution is -0.0445. The van der Waals surface area contributed by atoms with Crippen molar-refractivity contribution in [3.05, 3.63) is 103 Å². The Balaban J connectivity index is 0.000000147. The maximum Gasteiger partial charge on any atom is 0.119 e. The van der Waals surface area contributed by atoms with Crippen LogP contribution in [0.2, 0.25) is 0 Å². The van der Waals surface area contributed by atoms with Crippen molar-refractivity contribution in [2.75, 3.05) is 33.3 Å². The Bertz CT molecular complexity index is 1700. The average Bonchev–Trinajstić information content (AvgIpc) is 3.13. The second kappa shape index (κ2) is 13.2. The van der Waals surface area contributed by atoms with E-state index in [0.29, 0.717) is 23.7 Å². The first kappa shape index (κ1) is 31.0. The number of methoxy groups -OCH3 is 1. The predicted octanol–water partition coefficient (Wildman–Crippen LogP) is 6.34. The van der Waals surface area contributed by atoms with Crippen molar-refractivity contribution in [1.82, 2.24) is 19.8 Å². The van der Waals surface area contributed by atoms with E-state index in [1.165, 1.54) is 12.8 Å². The third kappa shape index (κ3) is 5.75. The standard InChI is InChI=1S/C20H24N2O2.C19H22N2O/c1-3-13-12-22-9-7-14(13)10-19(22)20(23)16-6-8-21-18-5-4-15(24-2)11-17(16)18;1-2-13-12-21-10-8-14(13)11-18(21)19(22)16-7-9-20-17-6-4-3-5-15(16)17/h3-6,8,11,13-14,19-20,23H,1,7,9-10,12H2,2H3;2-7,9,13-14,18-19,22H,1,8,10-12H2/t13-,14-,19-,20+;13-,14-,18+,19-/m00/s1. The van der Waals surface area contributed by atoms with E-state index in [1.807, 2.05) is 54.7 Å². The fourth-order valence-corrected chi connectivity index (χ4v) is 8.73. The maximum atomic E-state index is 11.2. The summed E-state index contributed by atoms with van der Waals surface area (Å²) in [5.41, 5.74) is 3.82. The predicted molar refractivity (Wildman–Crippen MR) is 184 cm³/mol. The number of fused-ring (bicyclic) bond motifs is 8. The van der Waals surface area contributed by atoms with Crippen molar-refractivity contribution < 1.29 is 14.9 Å². The van der Waals surface area contributed by atoms with Crippen LogP contribution in [-0.2, 0) is 0 Å². The molecule has 6 aliphatic rings. The van der Waals surface area contributed by atoms with Crippen molar-refractivity contribution in [1.29, 1.82) is 0 Å². The summed E-state index contributed by atoms with van der Waals surface area (Å²) >= 11 is 0. The summed E-state index contributed by atoms with van der Waals surface area (Å²) in [7, 11) is 1.66. The van der Waals surface area contributed by atoms with E-state index >= 15 is 0 Å². The molecule has 0 amide bonds. The van der Waals surface area contributed by atoms with Gasteiger partial charge in [0.1, 0.15) is 5.75 Å². The summed E-state index contributed by atoms with van der Waals surface area (Å²) in [5.74, 6) is 3.27. The lowest BCUT2D eigenvalue weighted by Gasteiger charge is -2.50. The van der Waals surface area contributed by atoms with Gasteiger partial charge in [0, 0.05) is 48.3 Å². The molecule has 0 spiro atoms. The van der Waals surface area contributed by atoms with Gasteiger partial charge in [-0.2, -0.15) is 0 Å². The van der Waals surface area contributed by atoms with Crippen molar-refractivity contribution in [3.63, 3.8) is 0 Å². The van der Waals surface area contributed by atoms with E-state index in [2.05, 4.69) is 51.1 Å². The van der Waals surface area contributed by atoms with Crippen LogP contribution in [0.3, 0.4) is 0 Å². The summed E-state index contributed by atoms with van der Waals surface area (Å²) in [5, 5.41) is 24.2. The summed E-state index contributed by atoms with van der Waals surface area (Å²) < 4.78 is 5.35. The van der Waals surface area contributed by atoms with Gasteiger partial charge in [0.25, 0.3) is 0 Å². The number of aromatic nitrogens is 2. The van der Waals surface area contributed by atoms with E-state index in [-0.39, 0.29) is 12.1 Å². The van der Waals surface area contributed by atoms with Crippen molar-refractivity contribution in [2.45, 2.75) is 50.0 Å². The van der Waals surface area contributed by atoms with Gasteiger partial charge in [0.2, 0.25) is 0 Å². The van der Waals surface area contributed by atoms with Gasteiger partial charge in [0.05, 0.1) is 30.4 Å². The minimum absolute atomic E-state index is 0.178. The van der Waals surface area contributed by atoms with Crippen molar-refractivity contribution >= 4 is 21.8 Å². The number of hydrogen-bond donors (Lipinski definition) is 2. The highest BCUT2D eigenvalue weighted by molar-refractivity contribution is 5.84. The molecule has 7 heteroatoms. The monoisotopic (exact) mass is 618 g/mol. The Labute approximate surface area is 272 Å². The molecule has 2 aromatic heterocycles. The molecule has 4 bridgehead atoms. The van der Waals surface area contributed by atoms with Crippen LogP contribution in [-0.4, -0.2) is 75.4 Å². The highest BCUT2D eigenvalue weighted by Crippen LogP contribution is 2.43. The number of hydrogen-bond acceptors (Lipinski definition) is 7. The van der Waals surface area contributed by atoms with E-state index < -0.39 is 12.2 Å². The smallest absolute Gasteiger partial charge is 0.119 e. The largest absolute Gasteiger partial charge is 0.497 e. The number of pyridine rings is 2. The van der Waals surface area contributed by atoms with Crippen LogP contribution in [0.25, 0.3) is 21.8 Å². The van der Waals surface area contributed by atoms with Gasteiger partial charge in [-0.25, -0.2) is 0 Å². The fraction of sp³-hybridized carbons (Fsp3) is 0.436. The normalized spacial score (nSPS) is 31.1. The minimum atomic E-state index is -0.504. The third-order valence-corrected chi connectivity index (χ3v) is 11.3. The number of benzene rings is 2. The summed E-state index contributed by atoms with van der Waals surface area (Å²) in [6.07, 6.45) is 11.4. The van der Waals surface area contributed by atoms with Crippen LogP contribution in [0, 0.1) is 23.7 Å².